The molecule has 0 aliphatic carbocycles. The van der Waals surface area contributed by atoms with E-state index in [2.05, 4.69) is 4.74 Å². The zero-order chi connectivity index (χ0) is 12.9. The van der Waals surface area contributed by atoms with Crippen LogP contribution in [0.1, 0.15) is 16.8 Å². The minimum Gasteiger partial charge on any atom is -0.372 e. The number of hydrogen-bond donors (Lipinski definition) is 0. The molecular formula is C11H10ClF3O2. The van der Waals surface area contributed by atoms with Crippen LogP contribution in [0.5, 0.6) is 0 Å². The number of rotatable bonds is 5. The van der Waals surface area contributed by atoms with Crippen LogP contribution < -0.4 is 0 Å². The Bertz CT molecular complexity index is 391. The normalized spacial score (nSPS) is 11.5. The highest BCUT2D eigenvalue weighted by Gasteiger charge is 2.27. The molecule has 0 saturated carbocycles. The van der Waals surface area contributed by atoms with Crippen LogP contribution >= 0.6 is 11.6 Å². The zero-order valence-corrected chi connectivity index (χ0v) is 9.52. The van der Waals surface area contributed by atoms with E-state index in [9.17, 15) is 18.0 Å². The Hall–Kier alpha value is -1.07. The summed E-state index contributed by atoms with van der Waals surface area (Å²) in [4.78, 5) is 11.5. The van der Waals surface area contributed by atoms with E-state index in [1.165, 1.54) is 6.07 Å². The van der Waals surface area contributed by atoms with E-state index in [1.807, 2.05) is 0 Å². The molecule has 0 N–H and O–H groups in total. The molecule has 0 amide bonds. The maximum atomic E-state index is 11.7. The van der Waals surface area contributed by atoms with Gasteiger partial charge >= 0.3 is 6.18 Å². The standard InChI is InChI=1S/C11H10ClF3O2/c12-9-3-1-2-8(6-9)10(16)4-5-17-7-11(13,14)15/h1-3,6H,4-5,7H2. The van der Waals surface area contributed by atoms with E-state index < -0.39 is 12.8 Å². The lowest BCUT2D eigenvalue weighted by atomic mass is 10.1. The molecule has 0 bridgehead atoms. The molecule has 0 saturated heterocycles. The van der Waals surface area contributed by atoms with E-state index in [4.69, 9.17) is 11.6 Å². The van der Waals surface area contributed by atoms with Crippen molar-refractivity contribution in [2.75, 3.05) is 13.2 Å². The van der Waals surface area contributed by atoms with Crippen molar-refractivity contribution in [3.8, 4) is 0 Å². The Labute approximate surface area is 101 Å². The first-order chi connectivity index (χ1) is 7.88. The van der Waals surface area contributed by atoms with Crippen molar-refractivity contribution in [3.05, 3.63) is 34.9 Å². The number of benzene rings is 1. The van der Waals surface area contributed by atoms with Gasteiger partial charge in [0, 0.05) is 17.0 Å². The summed E-state index contributed by atoms with van der Waals surface area (Å²) >= 11 is 5.68. The van der Waals surface area contributed by atoms with Gasteiger partial charge in [0.1, 0.15) is 6.61 Å². The van der Waals surface area contributed by atoms with E-state index in [-0.39, 0.29) is 18.8 Å². The lowest BCUT2D eigenvalue weighted by molar-refractivity contribution is -0.173. The van der Waals surface area contributed by atoms with Gasteiger partial charge in [-0.1, -0.05) is 23.7 Å². The van der Waals surface area contributed by atoms with Crippen LogP contribution in [-0.2, 0) is 4.74 Å². The summed E-state index contributed by atoms with van der Waals surface area (Å²) in [6.45, 7) is -1.60. The molecule has 2 nitrogen and oxygen atoms in total. The molecule has 0 aliphatic heterocycles. The molecule has 0 aliphatic rings. The maximum Gasteiger partial charge on any atom is 0.411 e. The number of carbonyl (C=O) groups excluding carboxylic acids is 1. The molecule has 0 radical (unpaired) electrons. The van der Waals surface area contributed by atoms with Crippen molar-refractivity contribution in [1.82, 2.24) is 0 Å². The fraction of sp³-hybridized carbons (Fsp3) is 0.364. The van der Waals surface area contributed by atoms with Crippen LogP contribution in [-0.4, -0.2) is 25.2 Å². The Morgan fingerprint density at radius 2 is 2.06 bits per heavy atom. The van der Waals surface area contributed by atoms with Gasteiger partial charge in [0.25, 0.3) is 0 Å². The van der Waals surface area contributed by atoms with Gasteiger partial charge in [-0.25, -0.2) is 0 Å². The summed E-state index contributed by atoms with van der Waals surface area (Å²) in [5.41, 5.74) is 0.369. The van der Waals surface area contributed by atoms with Crippen LogP contribution in [0.2, 0.25) is 5.02 Å². The molecule has 1 rings (SSSR count). The summed E-state index contributed by atoms with van der Waals surface area (Å²) in [6.07, 6.45) is -4.46. The van der Waals surface area contributed by atoms with Gasteiger partial charge in [0.15, 0.2) is 5.78 Å². The number of halogens is 4. The summed E-state index contributed by atoms with van der Waals surface area (Å²) in [7, 11) is 0. The van der Waals surface area contributed by atoms with Crippen LogP contribution in [0.15, 0.2) is 24.3 Å². The van der Waals surface area contributed by atoms with Crippen molar-refractivity contribution in [2.24, 2.45) is 0 Å². The van der Waals surface area contributed by atoms with Crippen LogP contribution in [0.3, 0.4) is 0 Å². The van der Waals surface area contributed by atoms with Gasteiger partial charge in [-0.3, -0.25) is 4.79 Å². The molecule has 0 heterocycles. The second kappa shape index (κ2) is 6.02. The first-order valence-electron chi connectivity index (χ1n) is 4.82. The average Bonchev–Trinajstić information content (AvgIpc) is 2.23. The molecule has 94 valence electrons. The highest BCUT2D eigenvalue weighted by atomic mass is 35.5. The molecule has 1 aromatic carbocycles. The van der Waals surface area contributed by atoms with Crippen LogP contribution in [0.25, 0.3) is 0 Å². The number of ketones is 1. The van der Waals surface area contributed by atoms with Crippen molar-refractivity contribution in [2.45, 2.75) is 12.6 Å². The lowest BCUT2D eigenvalue weighted by Gasteiger charge is -2.07. The third kappa shape index (κ3) is 5.70. The molecular weight excluding hydrogens is 257 g/mol. The highest BCUT2D eigenvalue weighted by Crippen LogP contribution is 2.15. The van der Waals surface area contributed by atoms with E-state index in [0.29, 0.717) is 10.6 Å². The van der Waals surface area contributed by atoms with Crippen molar-refractivity contribution in [1.29, 1.82) is 0 Å². The lowest BCUT2D eigenvalue weighted by Crippen LogP contribution is -2.18. The minimum absolute atomic E-state index is 0.101. The minimum atomic E-state index is -4.36. The number of Topliss-reactive ketones (excluding diaryl/α,β-unsaturated/α-hetero) is 1. The third-order valence-corrected chi connectivity index (χ3v) is 2.12. The number of carbonyl (C=O) groups is 1. The predicted octanol–water partition coefficient (Wildman–Crippen LogP) is 3.49. The second-order valence-electron chi connectivity index (χ2n) is 3.35. The van der Waals surface area contributed by atoms with Gasteiger partial charge in [-0.05, 0) is 12.1 Å². The summed E-state index contributed by atoms with van der Waals surface area (Å²) in [5.74, 6) is -0.297. The molecule has 0 unspecified atom stereocenters. The van der Waals surface area contributed by atoms with E-state index in [0.717, 1.165) is 0 Å². The smallest absolute Gasteiger partial charge is 0.372 e. The number of hydrogen-bond acceptors (Lipinski definition) is 2. The van der Waals surface area contributed by atoms with Crippen molar-refractivity contribution < 1.29 is 22.7 Å². The molecule has 1 aromatic rings. The number of alkyl halides is 3. The topological polar surface area (TPSA) is 26.3 Å². The zero-order valence-electron chi connectivity index (χ0n) is 8.76. The highest BCUT2D eigenvalue weighted by molar-refractivity contribution is 6.31. The number of ether oxygens (including phenoxy) is 1. The first kappa shape index (κ1) is 14.0. The summed E-state index contributed by atoms with van der Waals surface area (Å²) in [6, 6.07) is 6.23. The molecule has 0 spiro atoms. The third-order valence-electron chi connectivity index (χ3n) is 1.89. The largest absolute Gasteiger partial charge is 0.411 e. The Kier molecular flexibility index (Phi) is 4.96. The summed E-state index contributed by atoms with van der Waals surface area (Å²) < 4.78 is 39.5. The molecule has 0 aromatic heterocycles. The van der Waals surface area contributed by atoms with Crippen molar-refractivity contribution >= 4 is 17.4 Å². The van der Waals surface area contributed by atoms with E-state index in [1.54, 1.807) is 18.2 Å². The van der Waals surface area contributed by atoms with Gasteiger partial charge < -0.3 is 4.74 Å². The molecule has 0 atom stereocenters. The van der Waals surface area contributed by atoms with Crippen LogP contribution in [0, 0.1) is 0 Å². The Morgan fingerprint density at radius 3 is 2.65 bits per heavy atom. The van der Waals surface area contributed by atoms with Gasteiger partial charge in [-0.2, -0.15) is 13.2 Å². The molecule has 17 heavy (non-hydrogen) atoms. The summed E-state index contributed by atoms with van der Waals surface area (Å²) in [5, 5.41) is 0.409. The fourth-order valence-electron chi connectivity index (χ4n) is 1.16. The molecule has 0 fully saturated rings. The van der Waals surface area contributed by atoms with Crippen molar-refractivity contribution in [3.63, 3.8) is 0 Å². The van der Waals surface area contributed by atoms with Crippen LogP contribution in [0.4, 0.5) is 13.2 Å². The predicted molar refractivity (Wildman–Crippen MR) is 57.3 cm³/mol. The SMILES string of the molecule is O=C(CCOCC(F)(F)F)c1cccc(Cl)c1. The van der Waals surface area contributed by atoms with E-state index >= 15 is 0 Å². The quantitative estimate of drug-likeness (QED) is 0.602. The average molecular weight is 267 g/mol. The fourth-order valence-corrected chi connectivity index (χ4v) is 1.35. The molecule has 6 heteroatoms. The second-order valence-corrected chi connectivity index (χ2v) is 3.79. The van der Waals surface area contributed by atoms with Gasteiger partial charge in [0.2, 0.25) is 0 Å². The van der Waals surface area contributed by atoms with Gasteiger partial charge in [-0.15, -0.1) is 0 Å². The van der Waals surface area contributed by atoms with Gasteiger partial charge in [0.05, 0.1) is 6.61 Å². The first-order valence-corrected chi connectivity index (χ1v) is 5.19. The maximum absolute atomic E-state index is 11.7. The Morgan fingerprint density at radius 1 is 1.35 bits per heavy atom. The monoisotopic (exact) mass is 266 g/mol. The Balaban J connectivity index is 2.36.